The molecule has 3 nitrogen and oxygen atoms in total. The number of thiol groups is 1. The van der Waals surface area contributed by atoms with E-state index in [0.29, 0.717) is 5.69 Å². The fraction of sp³-hybridized carbons (Fsp3) is 0.500. The third kappa shape index (κ3) is 2.91. The van der Waals surface area contributed by atoms with E-state index in [2.05, 4.69) is 23.1 Å². The average molecular weight is 256 g/mol. The number of halogens is 1. The van der Waals surface area contributed by atoms with Gasteiger partial charge in [-0.1, -0.05) is 6.07 Å². The van der Waals surface area contributed by atoms with E-state index in [0.717, 1.165) is 31.7 Å². The molecular weight excluding hydrogens is 239 g/mol. The lowest BCUT2D eigenvalue weighted by atomic mass is 10.1. The number of rotatable bonds is 3. The summed E-state index contributed by atoms with van der Waals surface area (Å²) in [5, 5.41) is 3.25. The molecule has 1 atom stereocenters. The number of piperazine rings is 1. The summed E-state index contributed by atoms with van der Waals surface area (Å²) in [4.78, 5) is 2.06. The van der Waals surface area contributed by atoms with Crippen molar-refractivity contribution >= 4 is 18.6 Å². The quantitative estimate of drug-likeness (QED) is 0.640. The first-order valence-electron chi connectivity index (χ1n) is 5.77. The molecule has 0 spiro atoms. The third-order valence-electron chi connectivity index (χ3n) is 3.06. The monoisotopic (exact) mass is 256 g/mol. The first-order chi connectivity index (χ1) is 8.22. The molecule has 1 aromatic carbocycles. The Morgan fingerprint density at radius 3 is 2.76 bits per heavy atom. The van der Waals surface area contributed by atoms with Gasteiger partial charge in [-0.3, -0.25) is 0 Å². The molecule has 5 heteroatoms. The Hall–Kier alpha value is -0.780. The van der Waals surface area contributed by atoms with Gasteiger partial charge in [0.15, 0.2) is 0 Å². The summed E-state index contributed by atoms with van der Waals surface area (Å²) in [5.74, 6) is -0.179. The Labute approximate surface area is 107 Å². The molecule has 0 amide bonds. The van der Waals surface area contributed by atoms with Crippen LogP contribution < -0.4 is 10.2 Å². The molecule has 1 heterocycles. The van der Waals surface area contributed by atoms with Gasteiger partial charge >= 0.3 is 0 Å². The van der Waals surface area contributed by atoms with Crippen LogP contribution in [0.3, 0.4) is 0 Å². The highest BCUT2D eigenvalue weighted by Gasteiger charge is 2.16. The van der Waals surface area contributed by atoms with Crippen LogP contribution in [0.5, 0.6) is 0 Å². The minimum atomic E-state index is -0.179. The maximum absolute atomic E-state index is 13.8. The lowest BCUT2D eigenvalue weighted by molar-refractivity contribution is 0.279. The van der Waals surface area contributed by atoms with Crippen LogP contribution >= 0.6 is 12.9 Å². The summed E-state index contributed by atoms with van der Waals surface area (Å²) in [7, 11) is 0. The van der Waals surface area contributed by atoms with Crippen LogP contribution in [0.4, 0.5) is 10.1 Å². The average Bonchev–Trinajstić information content (AvgIpc) is 2.39. The van der Waals surface area contributed by atoms with E-state index in [9.17, 15) is 4.39 Å². The lowest BCUT2D eigenvalue weighted by Crippen LogP contribution is -2.43. The van der Waals surface area contributed by atoms with Gasteiger partial charge in [-0.05, 0) is 37.5 Å². The highest BCUT2D eigenvalue weighted by Crippen LogP contribution is 2.26. The molecule has 0 aliphatic carbocycles. The van der Waals surface area contributed by atoms with Crippen LogP contribution in [0.1, 0.15) is 18.6 Å². The first kappa shape index (κ1) is 12.7. The zero-order valence-corrected chi connectivity index (χ0v) is 10.7. The molecule has 17 heavy (non-hydrogen) atoms. The molecule has 1 saturated heterocycles. The maximum Gasteiger partial charge on any atom is 0.146 e. The number of benzene rings is 1. The number of nitrogens with one attached hydrogen (secondary N) is 1. The van der Waals surface area contributed by atoms with Crippen molar-refractivity contribution in [3.05, 3.63) is 29.6 Å². The molecule has 1 N–H and O–H groups in total. The van der Waals surface area contributed by atoms with Crippen molar-refractivity contribution < 1.29 is 8.57 Å². The topological polar surface area (TPSA) is 24.5 Å². The minimum Gasteiger partial charge on any atom is -0.367 e. The fourth-order valence-electron chi connectivity index (χ4n) is 1.99. The van der Waals surface area contributed by atoms with Gasteiger partial charge in [0.05, 0.1) is 11.8 Å². The molecule has 0 bridgehead atoms. The fourth-order valence-corrected chi connectivity index (χ4v) is 2.11. The van der Waals surface area contributed by atoms with Gasteiger partial charge in [-0.15, -0.1) is 0 Å². The Kier molecular flexibility index (Phi) is 4.25. The molecular formula is C12H17FN2OS. The predicted molar refractivity (Wildman–Crippen MR) is 70.0 cm³/mol. The second-order valence-electron chi connectivity index (χ2n) is 4.20. The molecule has 0 radical (unpaired) electrons. The summed E-state index contributed by atoms with van der Waals surface area (Å²) >= 11 is 3.80. The van der Waals surface area contributed by atoms with Crippen molar-refractivity contribution in [1.29, 1.82) is 0 Å². The normalized spacial score (nSPS) is 18.2. The van der Waals surface area contributed by atoms with Crippen LogP contribution in [-0.2, 0) is 4.18 Å². The predicted octanol–water partition coefficient (Wildman–Crippen LogP) is 2.16. The van der Waals surface area contributed by atoms with Crippen LogP contribution in [0, 0.1) is 5.82 Å². The van der Waals surface area contributed by atoms with E-state index in [4.69, 9.17) is 4.18 Å². The van der Waals surface area contributed by atoms with Crippen LogP contribution in [0.2, 0.25) is 0 Å². The number of hydrogen-bond donors (Lipinski definition) is 2. The zero-order valence-electron chi connectivity index (χ0n) is 9.82. The standard InChI is InChI=1S/C12H17FN2OS/c1-9(16-17)10-2-3-11(13)12(8-10)15-6-4-14-5-7-15/h2-3,8-9,14,17H,4-7H2,1H3/t9-/m0/s1. The molecule has 0 saturated carbocycles. The number of hydrogen-bond acceptors (Lipinski definition) is 4. The van der Waals surface area contributed by atoms with E-state index in [1.807, 2.05) is 13.0 Å². The van der Waals surface area contributed by atoms with Gasteiger partial charge < -0.3 is 14.4 Å². The smallest absolute Gasteiger partial charge is 0.146 e. The van der Waals surface area contributed by atoms with E-state index in [1.165, 1.54) is 6.07 Å². The summed E-state index contributed by atoms with van der Waals surface area (Å²) in [6, 6.07) is 5.08. The van der Waals surface area contributed by atoms with E-state index in [-0.39, 0.29) is 11.9 Å². The third-order valence-corrected chi connectivity index (χ3v) is 3.37. The zero-order chi connectivity index (χ0) is 12.3. The summed E-state index contributed by atoms with van der Waals surface area (Å²) < 4.78 is 18.8. The molecule has 2 rings (SSSR count). The number of anilines is 1. The minimum absolute atomic E-state index is 0.138. The van der Waals surface area contributed by atoms with Crippen molar-refractivity contribution in [2.45, 2.75) is 13.0 Å². The second kappa shape index (κ2) is 5.71. The Balaban J connectivity index is 2.25. The van der Waals surface area contributed by atoms with Crippen LogP contribution in [0.25, 0.3) is 0 Å². The second-order valence-corrected chi connectivity index (χ2v) is 4.41. The van der Waals surface area contributed by atoms with Crippen molar-refractivity contribution in [3.63, 3.8) is 0 Å². The van der Waals surface area contributed by atoms with Gasteiger partial charge in [-0.2, -0.15) is 0 Å². The molecule has 94 valence electrons. The summed E-state index contributed by atoms with van der Waals surface area (Å²) in [5.41, 5.74) is 1.59. The van der Waals surface area contributed by atoms with Gasteiger partial charge in [0.1, 0.15) is 5.82 Å². The molecule has 1 aromatic rings. The van der Waals surface area contributed by atoms with Crippen molar-refractivity contribution in [1.82, 2.24) is 5.32 Å². The van der Waals surface area contributed by atoms with Gasteiger partial charge in [0, 0.05) is 26.2 Å². The van der Waals surface area contributed by atoms with Crippen molar-refractivity contribution in [2.75, 3.05) is 31.1 Å². The summed E-state index contributed by atoms with van der Waals surface area (Å²) in [6.07, 6.45) is -0.138. The van der Waals surface area contributed by atoms with E-state index < -0.39 is 0 Å². The molecule has 1 fully saturated rings. The van der Waals surface area contributed by atoms with Crippen LogP contribution in [0.15, 0.2) is 18.2 Å². The molecule has 0 aromatic heterocycles. The molecule has 1 aliphatic rings. The van der Waals surface area contributed by atoms with Crippen molar-refractivity contribution in [2.24, 2.45) is 0 Å². The molecule has 1 aliphatic heterocycles. The van der Waals surface area contributed by atoms with Crippen LogP contribution in [-0.4, -0.2) is 26.2 Å². The highest BCUT2D eigenvalue weighted by molar-refractivity contribution is 7.75. The van der Waals surface area contributed by atoms with E-state index in [1.54, 1.807) is 6.07 Å². The maximum atomic E-state index is 13.8. The molecule has 0 unspecified atom stereocenters. The van der Waals surface area contributed by atoms with Crippen molar-refractivity contribution in [3.8, 4) is 0 Å². The number of nitrogens with zero attached hydrogens (tertiary/aromatic N) is 1. The Morgan fingerprint density at radius 2 is 2.12 bits per heavy atom. The SMILES string of the molecule is C[C@H](OS)c1ccc(F)c(N2CCNCC2)c1. The van der Waals surface area contributed by atoms with E-state index >= 15 is 0 Å². The Morgan fingerprint density at radius 1 is 1.41 bits per heavy atom. The van der Waals surface area contributed by atoms with Gasteiger partial charge in [0.25, 0.3) is 0 Å². The lowest BCUT2D eigenvalue weighted by Gasteiger charge is -2.30. The van der Waals surface area contributed by atoms with Gasteiger partial charge in [0.2, 0.25) is 0 Å². The summed E-state index contributed by atoms with van der Waals surface area (Å²) in [6.45, 7) is 5.33. The largest absolute Gasteiger partial charge is 0.367 e. The van der Waals surface area contributed by atoms with Gasteiger partial charge in [-0.25, -0.2) is 4.39 Å². The first-order valence-corrected chi connectivity index (χ1v) is 6.14. The Bertz CT molecular complexity index is 383. The highest BCUT2D eigenvalue weighted by atomic mass is 32.1.